The Morgan fingerprint density at radius 1 is 1.05 bits per heavy atom. The molecule has 0 saturated carbocycles. The number of piperazine rings is 1. The molecule has 1 aromatic heterocycles. The molecule has 2 saturated heterocycles. The van der Waals surface area contributed by atoms with Crippen molar-refractivity contribution in [2.45, 2.75) is 58.5 Å². The maximum Gasteiger partial charge on any atom is 0.409 e. The lowest BCUT2D eigenvalue weighted by molar-refractivity contribution is -0.138. The molecule has 2 fully saturated rings. The number of amides is 4. The number of hydrogen-bond donors (Lipinski definition) is 2. The monoisotopic (exact) mass is 611 g/mol. The summed E-state index contributed by atoms with van der Waals surface area (Å²) in [7, 11) is 0. The van der Waals surface area contributed by atoms with Crippen molar-refractivity contribution in [1.82, 2.24) is 25.0 Å². The zero-order valence-electron chi connectivity index (χ0n) is 25.5. The van der Waals surface area contributed by atoms with Gasteiger partial charge in [0.1, 0.15) is 17.5 Å². The fraction of sp³-hybridized carbons (Fsp3) is 0.548. The Morgan fingerprint density at radius 3 is 2.43 bits per heavy atom. The molecule has 13 heteroatoms. The van der Waals surface area contributed by atoms with Crippen molar-refractivity contribution in [3.05, 3.63) is 36.0 Å². The summed E-state index contributed by atoms with van der Waals surface area (Å²) in [6, 6.07) is 7.53. The number of nitrogens with one attached hydrogen (secondary N) is 1. The van der Waals surface area contributed by atoms with Crippen LogP contribution in [0.25, 0.3) is 10.9 Å². The molecule has 238 valence electrons. The van der Waals surface area contributed by atoms with E-state index in [9.17, 15) is 29.1 Å². The molecule has 4 rings (SSSR count). The van der Waals surface area contributed by atoms with Crippen LogP contribution in [0.2, 0.25) is 0 Å². The van der Waals surface area contributed by atoms with E-state index in [0.29, 0.717) is 29.1 Å². The fourth-order valence-electron chi connectivity index (χ4n) is 5.70. The number of fused-ring (bicyclic) bond motifs is 1. The van der Waals surface area contributed by atoms with E-state index in [1.54, 1.807) is 31.2 Å². The van der Waals surface area contributed by atoms with Gasteiger partial charge in [0.2, 0.25) is 5.91 Å². The number of pyridine rings is 1. The van der Waals surface area contributed by atoms with Crippen LogP contribution < -0.4 is 10.1 Å². The largest absolute Gasteiger partial charge is 0.483 e. The first kappa shape index (κ1) is 32.5. The lowest BCUT2D eigenvalue weighted by Gasteiger charge is -2.35. The van der Waals surface area contributed by atoms with Gasteiger partial charge < -0.3 is 34.6 Å². The number of aromatic nitrogens is 1. The summed E-state index contributed by atoms with van der Waals surface area (Å²) in [6.45, 7) is 7.56. The van der Waals surface area contributed by atoms with E-state index in [1.807, 2.05) is 4.90 Å². The van der Waals surface area contributed by atoms with E-state index in [2.05, 4.69) is 24.1 Å². The number of carboxylic acid groups (broad SMARTS) is 1. The molecule has 0 radical (unpaired) electrons. The summed E-state index contributed by atoms with van der Waals surface area (Å²) >= 11 is 0. The van der Waals surface area contributed by atoms with Crippen LogP contribution in [-0.2, 0) is 19.1 Å². The highest BCUT2D eigenvalue weighted by Crippen LogP contribution is 2.27. The minimum Gasteiger partial charge on any atom is -0.483 e. The highest BCUT2D eigenvalue weighted by Gasteiger charge is 2.33. The van der Waals surface area contributed by atoms with Gasteiger partial charge in [0.25, 0.3) is 11.8 Å². The summed E-state index contributed by atoms with van der Waals surface area (Å²) < 4.78 is 11.0. The number of rotatable bonds is 11. The summed E-state index contributed by atoms with van der Waals surface area (Å²) in [5.41, 5.74) is 0.431. The van der Waals surface area contributed by atoms with E-state index >= 15 is 0 Å². The Labute approximate surface area is 256 Å². The zero-order chi connectivity index (χ0) is 31.8. The minimum absolute atomic E-state index is 0.0346. The second kappa shape index (κ2) is 14.8. The van der Waals surface area contributed by atoms with Crippen molar-refractivity contribution in [2.75, 3.05) is 45.9 Å². The molecule has 2 atom stereocenters. The van der Waals surface area contributed by atoms with Crippen molar-refractivity contribution in [3.8, 4) is 5.75 Å². The molecule has 44 heavy (non-hydrogen) atoms. The Morgan fingerprint density at radius 2 is 1.75 bits per heavy atom. The van der Waals surface area contributed by atoms with E-state index in [4.69, 9.17) is 9.47 Å². The Kier molecular flexibility index (Phi) is 11.0. The van der Waals surface area contributed by atoms with Crippen molar-refractivity contribution in [2.24, 2.45) is 5.92 Å². The number of carbonyl (C=O) groups excluding carboxylic acids is 4. The smallest absolute Gasteiger partial charge is 0.409 e. The average Bonchev–Trinajstić information content (AvgIpc) is 3.52. The summed E-state index contributed by atoms with van der Waals surface area (Å²) in [4.78, 5) is 72.7. The van der Waals surface area contributed by atoms with Crippen molar-refractivity contribution in [1.29, 1.82) is 0 Å². The molecule has 0 aliphatic carbocycles. The van der Waals surface area contributed by atoms with Gasteiger partial charge >= 0.3 is 12.1 Å². The molecule has 1 aromatic carbocycles. The van der Waals surface area contributed by atoms with Gasteiger partial charge in [-0.2, -0.15) is 0 Å². The van der Waals surface area contributed by atoms with Crippen molar-refractivity contribution in [3.63, 3.8) is 0 Å². The lowest BCUT2D eigenvalue weighted by Crippen LogP contribution is -2.56. The van der Waals surface area contributed by atoms with Gasteiger partial charge in [-0.25, -0.2) is 9.78 Å². The predicted octanol–water partition coefficient (Wildman–Crippen LogP) is 2.52. The molecular formula is C31H41N5O8. The number of nitrogens with zero attached hydrogens (tertiary/aromatic N) is 4. The van der Waals surface area contributed by atoms with Crippen LogP contribution in [0.1, 0.15) is 56.9 Å². The van der Waals surface area contributed by atoms with Gasteiger partial charge in [-0.05, 0) is 44.2 Å². The average molecular weight is 612 g/mol. The van der Waals surface area contributed by atoms with Gasteiger partial charge in [0.05, 0.1) is 12.1 Å². The van der Waals surface area contributed by atoms with Crippen molar-refractivity contribution >= 4 is 40.7 Å². The molecule has 0 spiro atoms. The molecule has 13 nitrogen and oxygen atoms in total. The zero-order valence-corrected chi connectivity index (χ0v) is 25.5. The summed E-state index contributed by atoms with van der Waals surface area (Å²) in [5.74, 6) is -1.73. The van der Waals surface area contributed by atoms with Crippen LogP contribution >= 0.6 is 0 Å². The molecule has 2 N–H and O–H groups in total. The SMILES string of the molecule is CCOC(=O)N1CCN(C(=O)C(CCC(=O)O)NC(=O)c2cc(OCC(=O)N3CCCC3C(C)C)c3ccccc3n2)CC1. The molecule has 2 unspecified atom stereocenters. The van der Waals surface area contributed by atoms with Gasteiger partial charge in [-0.3, -0.25) is 19.2 Å². The first-order valence-corrected chi connectivity index (χ1v) is 15.1. The molecule has 4 amide bonds. The van der Waals surface area contributed by atoms with Crippen LogP contribution in [0.4, 0.5) is 4.79 Å². The Hall–Kier alpha value is -4.42. The van der Waals surface area contributed by atoms with Gasteiger partial charge in [0.15, 0.2) is 6.61 Å². The quantitative estimate of drug-likeness (QED) is 0.389. The second-order valence-corrected chi connectivity index (χ2v) is 11.3. The third-order valence-electron chi connectivity index (χ3n) is 8.02. The first-order chi connectivity index (χ1) is 21.1. The van der Waals surface area contributed by atoms with Gasteiger partial charge in [-0.1, -0.05) is 26.0 Å². The highest BCUT2D eigenvalue weighted by molar-refractivity contribution is 5.99. The maximum absolute atomic E-state index is 13.5. The number of aliphatic carboxylic acids is 1. The van der Waals surface area contributed by atoms with E-state index < -0.39 is 29.9 Å². The summed E-state index contributed by atoms with van der Waals surface area (Å²) in [6.07, 6.45) is 0.970. The fourth-order valence-corrected chi connectivity index (χ4v) is 5.70. The number of hydrogen-bond acceptors (Lipinski definition) is 8. The number of benzene rings is 1. The molecule has 3 heterocycles. The van der Waals surface area contributed by atoms with Crippen LogP contribution in [0, 0.1) is 5.92 Å². The highest BCUT2D eigenvalue weighted by atomic mass is 16.6. The third-order valence-corrected chi connectivity index (χ3v) is 8.02. The summed E-state index contributed by atoms with van der Waals surface area (Å²) in [5, 5.41) is 12.6. The number of likely N-dealkylation sites (tertiary alicyclic amines) is 1. The van der Waals surface area contributed by atoms with Crippen molar-refractivity contribution < 1.29 is 38.6 Å². The number of para-hydroxylation sites is 1. The van der Waals surface area contributed by atoms with Crippen LogP contribution in [0.3, 0.4) is 0 Å². The third kappa shape index (κ3) is 7.94. The van der Waals surface area contributed by atoms with Crippen LogP contribution in [-0.4, -0.2) is 113 Å². The second-order valence-electron chi connectivity index (χ2n) is 11.3. The lowest BCUT2D eigenvalue weighted by atomic mass is 10.0. The van der Waals surface area contributed by atoms with E-state index in [0.717, 1.165) is 12.8 Å². The number of carboxylic acids is 1. The molecule has 2 aromatic rings. The molecular weight excluding hydrogens is 570 g/mol. The topological polar surface area (TPSA) is 159 Å². The van der Waals surface area contributed by atoms with Crippen LogP contribution in [0.5, 0.6) is 5.75 Å². The molecule has 2 aliphatic rings. The predicted molar refractivity (Wildman–Crippen MR) is 160 cm³/mol. The number of carbonyl (C=O) groups is 5. The van der Waals surface area contributed by atoms with Gasteiger partial charge in [-0.15, -0.1) is 0 Å². The van der Waals surface area contributed by atoms with Gasteiger partial charge in [0, 0.05) is 56.6 Å². The molecule has 0 bridgehead atoms. The van der Waals surface area contributed by atoms with E-state index in [-0.39, 0.29) is 69.9 Å². The molecule has 2 aliphatic heterocycles. The maximum atomic E-state index is 13.5. The number of ether oxygens (including phenoxy) is 2. The standard InChI is InChI=1S/C31H41N5O8/c1-4-43-31(42)35-16-14-34(15-17-35)30(41)23(11-12-28(38)39)33-29(40)24-18-26(21-8-5-6-9-22(21)32-24)44-19-27(37)36-13-7-10-25(36)20(2)3/h5-6,8-9,18,20,23,25H,4,7,10-17,19H2,1-3H3,(H,33,40)(H,38,39). The Bertz CT molecular complexity index is 1370. The Balaban J connectivity index is 1.49. The normalized spacial score (nSPS) is 17.5. The van der Waals surface area contributed by atoms with E-state index in [1.165, 1.54) is 15.9 Å². The minimum atomic E-state index is -1.13. The van der Waals surface area contributed by atoms with Crippen LogP contribution in [0.15, 0.2) is 30.3 Å². The first-order valence-electron chi connectivity index (χ1n) is 15.1.